The number of carbonyl (C=O) groups is 1. The number of halogens is 1. The zero-order chi connectivity index (χ0) is 19.7. The lowest BCUT2D eigenvalue weighted by molar-refractivity contribution is -0.113. The number of phenolic OH excluding ortho intramolecular Hbond substituents is 1. The van der Waals surface area contributed by atoms with E-state index in [1.165, 1.54) is 17.8 Å². The van der Waals surface area contributed by atoms with Gasteiger partial charge in [-0.3, -0.25) is 14.7 Å². The van der Waals surface area contributed by atoms with Gasteiger partial charge in [-0.2, -0.15) is 0 Å². The molecule has 0 aromatic heterocycles. The lowest BCUT2D eigenvalue weighted by Crippen LogP contribution is -2.30. The average Bonchev–Trinajstić information content (AvgIpc) is 2.86. The molecule has 0 radical (unpaired) electrons. The number of hydrogen-bond donors (Lipinski definition) is 1. The van der Waals surface area contributed by atoms with Gasteiger partial charge in [-0.25, -0.2) is 0 Å². The Morgan fingerprint density at radius 1 is 1.19 bits per heavy atom. The van der Waals surface area contributed by atoms with Crippen LogP contribution in [-0.2, 0) is 4.79 Å². The molecule has 2 aromatic carbocycles. The first-order valence-electron chi connectivity index (χ1n) is 8.64. The largest absolute Gasteiger partial charge is 0.506 e. The molecule has 140 valence electrons. The summed E-state index contributed by atoms with van der Waals surface area (Å²) in [4.78, 5) is 20.2. The van der Waals surface area contributed by atoms with Gasteiger partial charge < -0.3 is 5.11 Å². The number of para-hydroxylation sites is 1. The second kappa shape index (κ2) is 7.79. The number of aliphatic imine (C=N–C) groups is 1. The van der Waals surface area contributed by atoms with E-state index >= 15 is 0 Å². The predicted molar refractivity (Wildman–Crippen MR) is 115 cm³/mol. The SMILES string of the molecule is Cc1cccc(C)c1N1C(=O)/C(=C/c2ccc(O)c(Cl)c2)SC1=NC(C)C. The molecule has 27 heavy (non-hydrogen) atoms. The van der Waals surface area contributed by atoms with Crippen LogP contribution in [0.1, 0.15) is 30.5 Å². The van der Waals surface area contributed by atoms with Crippen molar-refractivity contribution in [3.05, 3.63) is 63.0 Å². The van der Waals surface area contributed by atoms with Crippen LogP contribution in [-0.4, -0.2) is 22.2 Å². The lowest BCUT2D eigenvalue weighted by atomic mass is 10.1. The summed E-state index contributed by atoms with van der Waals surface area (Å²) in [6.45, 7) is 7.97. The molecule has 1 amide bonds. The smallest absolute Gasteiger partial charge is 0.271 e. The fraction of sp³-hybridized carbons (Fsp3) is 0.238. The first kappa shape index (κ1) is 19.5. The third-order valence-corrected chi connectivity index (χ3v) is 5.39. The van der Waals surface area contributed by atoms with Gasteiger partial charge >= 0.3 is 0 Å². The van der Waals surface area contributed by atoms with Gasteiger partial charge in [0.15, 0.2) is 5.17 Å². The van der Waals surface area contributed by atoms with Crippen molar-refractivity contribution in [2.75, 3.05) is 4.90 Å². The molecule has 1 N–H and O–H groups in total. The summed E-state index contributed by atoms with van der Waals surface area (Å²) < 4.78 is 0. The molecule has 4 nitrogen and oxygen atoms in total. The minimum absolute atomic E-state index is 0.0171. The van der Waals surface area contributed by atoms with Gasteiger partial charge in [-0.1, -0.05) is 35.9 Å². The maximum absolute atomic E-state index is 13.2. The number of aromatic hydroxyl groups is 1. The van der Waals surface area contributed by atoms with Crippen molar-refractivity contribution in [3.63, 3.8) is 0 Å². The summed E-state index contributed by atoms with van der Waals surface area (Å²) in [5, 5.41) is 10.5. The minimum Gasteiger partial charge on any atom is -0.506 e. The van der Waals surface area contributed by atoms with Crippen molar-refractivity contribution >= 4 is 46.2 Å². The van der Waals surface area contributed by atoms with Crippen LogP contribution >= 0.6 is 23.4 Å². The first-order chi connectivity index (χ1) is 12.8. The number of phenols is 1. The van der Waals surface area contributed by atoms with Crippen LogP contribution in [0, 0.1) is 13.8 Å². The molecule has 2 aromatic rings. The Morgan fingerprint density at radius 3 is 2.44 bits per heavy atom. The third-order valence-electron chi connectivity index (χ3n) is 4.11. The van der Waals surface area contributed by atoms with Crippen LogP contribution in [0.4, 0.5) is 5.69 Å². The Kier molecular flexibility index (Phi) is 5.63. The van der Waals surface area contributed by atoms with Crippen LogP contribution in [0.5, 0.6) is 5.75 Å². The fourth-order valence-electron chi connectivity index (χ4n) is 2.90. The summed E-state index contributed by atoms with van der Waals surface area (Å²) in [6, 6.07) is 10.9. The molecule has 0 spiro atoms. The number of carbonyl (C=O) groups excluding carboxylic acids is 1. The van der Waals surface area contributed by atoms with Gasteiger partial charge in [0.2, 0.25) is 0 Å². The molecular formula is C21H21ClN2O2S. The highest BCUT2D eigenvalue weighted by molar-refractivity contribution is 8.19. The quantitative estimate of drug-likeness (QED) is 0.687. The van der Waals surface area contributed by atoms with E-state index in [-0.39, 0.29) is 22.7 Å². The fourth-order valence-corrected chi connectivity index (χ4v) is 4.19. The molecule has 3 rings (SSSR count). The van der Waals surface area contributed by atoms with Crippen molar-refractivity contribution in [2.24, 2.45) is 4.99 Å². The van der Waals surface area contributed by atoms with Gasteiger partial charge in [0, 0.05) is 6.04 Å². The molecular weight excluding hydrogens is 380 g/mol. The Balaban J connectivity index is 2.09. The molecule has 1 aliphatic rings. The minimum atomic E-state index is -0.110. The van der Waals surface area contributed by atoms with Crippen LogP contribution in [0.3, 0.4) is 0 Å². The summed E-state index contributed by atoms with van der Waals surface area (Å²) in [7, 11) is 0. The number of aryl methyl sites for hydroxylation is 2. The highest BCUT2D eigenvalue weighted by atomic mass is 35.5. The molecule has 0 atom stereocenters. The van der Waals surface area contributed by atoms with Crippen molar-refractivity contribution in [3.8, 4) is 5.75 Å². The summed E-state index contributed by atoms with van der Waals surface area (Å²) >= 11 is 7.35. The van der Waals surface area contributed by atoms with E-state index in [2.05, 4.69) is 4.99 Å². The number of nitrogens with zero attached hydrogens (tertiary/aromatic N) is 2. The number of benzene rings is 2. The standard InChI is InChI=1S/C21H21ClN2O2S/c1-12(2)23-21-24(19-13(3)6-5-7-14(19)4)20(26)18(27-21)11-15-8-9-17(25)16(22)10-15/h5-12,25H,1-4H3/b18-11-,23-21?. The van der Waals surface area contributed by atoms with Gasteiger partial charge in [0.05, 0.1) is 15.6 Å². The topological polar surface area (TPSA) is 52.9 Å². The molecule has 1 fully saturated rings. The third kappa shape index (κ3) is 4.04. The zero-order valence-electron chi connectivity index (χ0n) is 15.7. The van der Waals surface area contributed by atoms with Crippen molar-refractivity contribution in [1.29, 1.82) is 0 Å². The Bertz CT molecular complexity index is 946. The second-order valence-corrected chi connectivity index (χ2v) is 8.12. The number of amidine groups is 1. The highest BCUT2D eigenvalue weighted by Crippen LogP contribution is 2.39. The summed E-state index contributed by atoms with van der Waals surface area (Å²) in [5.41, 5.74) is 3.67. The van der Waals surface area contributed by atoms with E-state index in [1.807, 2.05) is 45.9 Å². The van der Waals surface area contributed by atoms with Crippen LogP contribution in [0.2, 0.25) is 5.02 Å². The molecule has 0 bridgehead atoms. The van der Waals surface area contributed by atoms with Crippen LogP contribution in [0.25, 0.3) is 6.08 Å². The number of rotatable bonds is 3. The van der Waals surface area contributed by atoms with Gasteiger partial charge in [-0.15, -0.1) is 0 Å². The Hall–Kier alpha value is -2.24. The van der Waals surface area contributed by atoms with E-state index in [9.17, 15) is 9.90 Å². The Morgan fingerprint density at radius 2 is 1.85 bits per heavy atom. The van der Waals surface area contributed by atoms with E-state index < -0.39 is 0 Å². The molecule has 1 saturated heterocycles. The molecule has 0 saturated carbocycles. The maximum atomic E-state index is 13.2. The van der Waals surface area contributed by atoms with E-state index in [0.29, 0.717) is 10.1 Å². The first-order valence-corrected chi connectivity index (χ1v) is 9.84. The van der Waals surface area contributed by atoms with E-state index in [4.69, 9.17) is 11.6 Å². The van der Waals surface area contributed by atoms with E-state index in [0.717, 1.165) is 22.4 Å². The number of anilines is 1. The molecule has 1 heterocycles. The van der Waals surface area contributed by atoms with E-state index in [1.54, 1.807) is 23.1 Å². The van der Waals surface area contributed by atoms with Crippen molar-refractivity contribution in [1.82, 2.24) is 0 Å². The average molecular weight is 401 g/mol. The van der Waals surface area contributed by atoms with Gasteiger partial charge in [-0.05, 0) is 74.4 Å². The number of amides is 1. The predicted octanol–water partition coefficient (Wildman–Crippen LogP) is 5.55. The number of hydrogen-bond acceptors (Lipinski definition) is 4. The highest BCUT2D eigenvalue weighted by Gasteiger charge is 2.36. The number of thioether (sulfide) groups is 1. The van der Waals surface area contributed by atoms with Crippen molar-refractivity contribution in [2.45, 2.75) is 33.7 Å². The molecule has 0 unspecified atom stereocenters. The normalized spacial score (nSPS) is 17.6. The summed E-state index contributed by atoms with van der Waals surface area (Å²) in [5.74, 6) is -0.0931. The molecule has 1 aliphatic heterocycles. The Labute approximate surface area is 168 Å². The molecule has 0 aliphatic carbocycles. The van der Waals surface area contributed by atoms with Crippen LogP contribution < -0.4 is 4.90 Å². The lowest BCUT2D eigenvalue weighted by Gasteiger charge is -2.21. The van der Waals surface area contributed by atoms with Gasteiger partial charge in [0.1, 0.15) is 5.75 Å². The van der Waals surface area contributed by atoms with Crippen LogP contribution in [0.15, 0.2) is 46.3 Å². The monoisotopic (exact) mass is 400 g/mol. The zero-order valence-corrected chi connectivity index (χ0v) is 17.2. The maximum Gasteiger partial charge on any atom is 0.271 e. The molecule has 6 heteroatoms. The second-order valence-electron chi connectivity index (χ2n) is 6.71. The van der Waals surface area contributed by atoms with Crippen molar-refractivity contribution < 1.29 is 9.90 Å². The van der Waals surface area contributed by atoms with Gasteiger partial charge in [0.25, 0.3) is 5.91 Å². The summed E-state index contributed by atoms with van der Waals surface area (Å²) in [6.07, 6.45) is 1.78.